The number of amides is 1. The molecule has 1 amide bonds. The van der Waals surface area contributed by atoms with Crippen LogP contribution in [0.1, 0.15) is 39.6 Å². The summed E-state index contributed by atoms with van der Waals surface area (Å²) in [5, 5.41) is 9.97. The zero-order chi connectivity index (χ0) is 18.2. The van der Waals surface area contributed by atoms with E-state index < -0.39 is 23.9 Å². The highest BCUT2D eigenvalue weighted by molar-refractivity contribution is 5.94. The van der Waals surface area contributed by atoms with Crippen molar-refractivity contribution in [1.82, 2.24) is 9.88 Å². The third kappa shape index (κ3) is 3.66. The zero-order valence-corrected chi connectivity index (χ0v) is 13.5. The molecule has 2 heterocycles. The van der Waals surface area contributed by atoms with E-state index in [9.17, 15) is 23.1 Å². The van der Waals surface area contributed by atoms with Crippen LogP contribution >= 0.6 is 0 Å². The Balaban J connectivity index is 1.92. The molecule has 0 radical (unpaired) electrons. The number of aryl methyl sites for hydroxylation is 1. The monoisotopic (exact) mass is 350 g/mol. The lowest BCUT2D eigenvalue weighted by Crippen LogP contribution is -2.32. The van der Waals surface area contributed by atoms with E-state index in [2.05, 4.69) is 4.98 Å². The predicted octanol–water partition coefficient (Wildman–Crippen LogP) is 3.36. The van der Waals surface area contributed by atoms with E-state index in [1.807, 2.05) is 0 Å². The molecule has 1 fully saturated rings. The van der Waals surface area contributed by atoms with Gasteiger partial charge in [-0.2, -0.15) is 13.2 Å². The molecule has 1 aromatic heterocycles. The van der Waals surface area contributed by atoms with Crippen molar-refractivity contribution < 1.29 is 23.1 Å². The van der Waals surface area contributed by atoms with Crippen LogP contribution in [-0.2, 0) is 6.18 Å². The lowest BCUT2D eigenvalue weighted by atomic mass is 10.0. The molecule has 0 unspecified atom stereocenters. The maximum Gasteiger partial charge on any atom is 0.416 e. The number of nitrogens with zero attached hydrogens (tertiary/aromatic N) is 2. The first-order valence-electron chi connectivity index (χ1n) is 7.84. The van der Waals surface area contributed by atoms with Crippen molar-refractivity contribution >= 4 is 5.91 Å². The van der Waals surface area contributed by atoms with E-state index in [4.69, 9.17) is 0 Å². The van der Waals surface area contributed by atoms with E-state index in [0.717, 1.165) is 17.8 Å². The number of benzene rings is 1. The van der Waals surface area contributed by atoms with Gasteiger partial charge in [0.25, 0.3) is 5.91 Å². The lowest BCUT2D eigenvalue weighted by molar-refractivity contribution is -0.137. The molecule has 0 spiro atoms. The fourth-order valence-electron chi connectivity index (χ4n) is 3.04. The van der Waals surface area contributed by atoms with Crippen LogP contribution < -0.4 is 0 Å². The van der Waals surface area contributed by atoms with E-state index in [1.54, 1.807) is 25.1 Å². The van der Waals surface area contributed by atoms with Crippen LogP contribution in [0.15, 0.2) is 42.6 Å². The number of pyridine rings is 1. The highest BCUT2D eigenvalue weighted by atomic mass is 19.4. The minimum Gasteiger partial charge on any atom is -0.391 e. The van der Waals surface area contributed by atoms with Crippen LogP contribution in [0.3, 0.4) is 0 Å². The van der Waals surface area contributed by atoms with Crippen molar-refractivity contribution in [1.29, 1.82) is 0 Å². The number of likely N-dealkylation sites (tertiary alicyclic amines) is 1. The quantitative estimate of drug-likeness (QED) is 0.904. The molecule has 132 valence electrons. The van der Waals surface area contributed by atoms with Gasteiger partial charge < -0.3 is 10.0 Å². The Morgan fingerprint density at radius 1 is 1.28 bits per heavy atom. The highest BCUT2D eigenvalue weighted by Gasteiger charge is 2.37. The Bertz CT molecular complexity index is 775. The molecule has 1 saturated heterocycles. The van der Waals surface area contributed by atoms with Gasteiger partial charge in [0, 0.05) is 18.4 Å². The summed E-state index contributed by atoms with van der Waals surface area (Å²) >= 11 is 0. The van der Waals surface area contributed by atoms with E-state index in [-0.39, 0.29) is 18.9 Å². The molecule has 3 rings (SSSR count). The van der Waals surface area contributed by atoms with Crippen molar-refractivity contribution in [2.24, 2.45) is 0 Å². The molecule has 2 aromatic rings. The molecule has 1 aliphatic rings. The van der Waals surface area contributed by atoms with Crippen molar-refractivity contribution in [3.05, 3.63) is 65.0 Å². The summed E-state index contributed by atoms with van der Waals surface area (Å²) in [7, 11) is 0. The first kappa shape index (κ1) is 17.4. The number of aliphatic hydroxyl groups is 1. The molecule has 1 N–H and O–H groups in total. The minimum absolute atomic E-state index is 0.0770. The Morgan fingerprint density at radius 2 is 2.04 bits per heavy atom. The number of carbonyl (C=O) groups is 1. The smallest absolute Gasteiger partial charge is 0.391 e. The van der Waals surface area contributed by atoms with Gasteiger partial charge in [0.2, 0.25) is 0 Å². The summed E-state index contributed by atoms with van der Waals surface area (Å²) in [6.45, 7) is 1.87. The molecular formula is C18H17F3N2O2. The number of hydrogen-bond acceptors (Lipinski definition) is 3. The number of hydrogen-bond donors (Lipinski definition) is 1. The molecule has 0 aliphatic carbocycles. The predicted molar refractivity (Wildman–Crippen MR) is 84.8 cm³/mol. The Labute approximate surface area is 142 Å². The number of aliphatic hydroxyl groups excluding tert-OH is 1. The fraction of sp³-hybridized carbons (Fsp3) is 0.333. The normalized spacial score (nSPS) is 20.8. The highest BCUT2D eigenvalue weighted by Crippen LogP contribution is 2.36. The number of alkyl halides is 3. The van der Waals surface area contributed by atoms with Gasteiger partial charge in [-0.25, -0.2) is 0 Å². The first-order valence-corrected chi connectivity index (χ1v) is 7.84. The van der Waals surface area contributed by atoms with Gasteiger partial charge in [-0.05, 0) is 43.2 Å². The van der Waals surface area contributed by atoms with E-state index in [0.29, 0.717) is 11.1 Å². The van der Waals surface area contributed by atoms with E-state index >= 15 is 0 Å². The zero-order valence-electron chi connectivity index (χ0n) is 13.5. The second kappa shape index (κ2) is 6.48. The van der Waals surface area contributed by atoms with E-state index in [1.165, 1.54) is 17.2 Å². The fourth-order valence-corrected chi connectivity index (χ4v) is 3.04. The topological polar surface area (TPSA) is 53.4 Å². The average Bonchev–Trinajstić information content (AvgIpc) is 2.96. The van der Waals surface area contributed by atoms with Crippen LogP contribution in [-0.4, -0.2) is 33.5 Å². The van der Waals surface area contributed by atoms with Gasteiger partial charge in [0.1, 0.15) is 0 Å². The SMILES string of the molecule is Cc1ccc(C(=O)N2C[C@H](O)C[C@@H]2c2cccc(C(F)(F)F)c2)cn1. The van der Waals surface area contributed by atoms with Gasteiger partial charge in [0.05, 0.1) is 23.3 Å². The first-order chi connectivity index (χ1) is 11.8. The van der Waals surface area contributed by atoms with Gasteiger partial charge in [-0.1, -0.05) is 12.1 Å². The molecule has 7 heteroatoms. The Morgan fingerprint density at radius 3 is 2.68 bits per heavy atom. The van der Waals surface area contributed by atoms with Crippen molar-refractivity contribution in [3.63, 3.8) is 0 Å². The molecule has 1 aromatic carbocycles. The number of β-amino-alcohol motifs (C(OH)–C–C–N with tert-alkyl or cyclic N) is 1. The molecule has 0 saturated carbocycles. The van der Waals surface area contributed by atoms with Crippen LogP contribution in [0.25, 0.3) is 0 Å². The molecule has 25 heavy (non-hydrogen) atoms. The van der Waals surface area contributed by atoms with Crippen molar-refractivity contribution in [2.45, 2.75) is 31.7 Å². The van der Waals surface area contributed by atoms with Gasteiger partial charge >= 0.3 is 6.18 Å². The second-order valence-electron chi connectivity index (χ2n) is 6.17. The third-order valence-electron chi connectivity index (χ3n) is 4.30. The molecular weight excluding hydrogens is 333 g/mol. The van der Waals surface area contributed by atoms with Crippen molar-refractivity contribution in [2.75, 3.05) is 6.54 Å². The van der Waals surface area contributed by atoms with Gasteiger partial charge in [0.15, 0.2) is 0 Å². The summed E-state index contributed by atoms with van der Waals surface area (Å²) in [4.78, 5) is 18.2. The van der Waals surface area contributed by atoms with Gasteiger partial charge in [-0.3, -0.25) is 9.78 Å². The Hall–Kier alpha value is -2.41. The largest absolute Gasteiger partial charge is 0.416 e. The molecule has 2 atom stereocenters. The Kier molecular flexibility index (Phi) is 4.51. The molecule has 1 aliphatic heterocycles. The number of halogens is 3. The maximum atomic E-state index is 13.0. The lowest BCUT2D eigenvalue weighted by Gasteiger charge is -2.25. The standard InChI is InChI=1S/C18H17F3N2O2/c1-11-5-6-13(9-22-11)17(25)23-10-15(24)8-16(23)12-3-2-4-14(7-12)18(19,20)21/h2-7,9,15-16,24H,8,10H2,1H3/t15-,16-/m1/s1. The van der Waals surface area contributed by atoms with Gasteiger partial charge in [-0.15, -0.1) is 0 Å². The molecule has 0 bridgehead atoms. The summed E-state index contributed by atoms with van der Waals surface area (Å²) in [6, 6.07) is 7.61. The van der Waals surface area contributed by atoms with Crippen molar-refractivity contribution in [3.8, 4) is 0 Å². The maximum absolute atomic E-state index is 13.0. The van der Waals surface area contributed by atoms with Crippen LogP contribution in [0.4, 0.5) is 13.2 Å². The van der Waals surface area contributed by atoms with Crippen LogP contribution in [0.2, 0.25) is 0 Å². The summed E-state index contributed by atoms with van der Waals surface area (Å²) < 4.78 is 38.9. The summed E-state index contributed by atoms with van der Waals surface area (Å²) in [6.07, 6.45) is -3.59. The number of aromatic nitrogens is 1. The molecule has 4 nitrogen and oxygen atoms in total. The second-order valence-corrected chi connectivity index (χ2v) is 6.17. The summed E-state index contributed by atoms with van der Waals surface area (Å²) in [5.74, 6) is -0.355. The number of rotatable bonds is 2. The number of carbonyl (C=O) groups excluding carboxylic acids is 1. The minimum atomic E-state index is -4.46. The summed E-state index contributed by atoms with van der Waals surface area (Å²) in [5.41, 5.74) is 0.694. The third-order valence-corrected chi connectivity index (χ3v) is 4.30. The average molecular weight is 350 g/mol. The van der Waals surface area contributed by atoms with Crippen LogP contribution in [0.5, 0.6) is 0 Å². The van der Waals surface area contributed by atoms with Crippen LogP contribution in [0, 0.1) is 6.92 Å².